The molecule has 0 spiro atoms. The predicted octanol–water partition coefficient (Wildman–Crippen LogP) is -1.09. The van der Waals surface area contributed by atoms with Crippen LogP contribution in [-0.4, -0.2) is 19.8 Å². The topological polar surface area (TPSA) is 90.9 Å². The molecule has 0 amide bonds. The summed E-state index contributed by atoms with van der Waals surface area (Å²) in [6, 6.07) is 0. The van der Waals surface area contributed by atoms with Gasteiger partial charge in [0.05, 0.1) is 6.61 Å². The Bertz CT molecular complexity index is 356. The third-order valence-corrected chi connectivity index (χ3v) is 4.77. The van der Waals surface area contributed by atoms with Crippen molar-refractivity contribution in [1.82, 2.24) is 0 Å². The molecular formula is C20H41Na2O6P. The van der Waals surface area contributed by atoms with E-state index in [-0.39, 0.29) is 65.7 Å². The standard InChI is InChI=1S/C20H43O6P.2Na/c1-20(2)16-12-11-14-18-24-17-13-9-7-5-3-4-6-8-10-15-19-25-26-27(21,22)23;;/h20H,3-19H2,1-2H3,(H2,21,22,23);;/q;2*+1/p-2. The minimum atomic E-state index is -4.99. The van der Waals surface area contributed by atoms with Crippen LogP contribution in [0.15, 0.2) is 0 Å². The van der Waals surface area contributed by atoms with Crippen LogP contribution in [0.5, 0.6) is 0 Å². The summed E-state index contributed by atoms with van der Waals surface area (Å²) in [5.74, 6) is 0.819. The molecule has 29 heavy (non-hydrogen) atoms. The summed E-state index contributed by atoms with van der Waals surface area (Å²) in [6.07, 6.45) is 16.6. The SMILES string of the molecule is CC(C)CCCCCOCCCCCCCCCCCCOOP(=O)([O-])[O-].[Na+].[Na+]. The van der Waals surface area contributed by atoms with E-state index < -0.39 is 7.82 Å². The third-order valence-electron chi connectivity index (χ3n) is 4.48. The molecule has 0 saturated heterocycles. The molecule has 0 atom stereocenters. The van der Waals surface area contributed by atoms with Crippen LogP contribution in [0.1, 0.15) is 104 Å². The van der Waals surface area contributed by atoms with Crippen molar-refractivity contribution < 1.29 is 87.8 Å². The Kier molecular flexibility index (Phi) is 32.3. The van der Waals surface area contributed by atoms with Crippen molar-refractivity contribution in [2.24, 2.45) is 5.92 Å². The normalized spacial score (nSPS) is 11.3. The molecule has 0 N–H and O–H groups in total. The summed E-state index contributed by atoms with van der Waals surface area (Å²) in [4.78, 5) is 24.6. The van der Waals surface area contributed by atoms with Crippen LogP contribution in [0, 0.1) is 5.92 Å². The van der Waals surface area contributed by atoms with E-state index in [2.05, 4.69) is 23.4 Å². The summed E-state index contributed by atoms with van der Waals surface area (Å²) in [5.41, 5.74) is 0. The van der Waals surface area contributed by atoms with E-state index in [9.17, 15) is 14.4 Å². The molecule has 0 aliphatic rings. The van der Waals surface area contributed by atoms with E-state index in [1.807, 2.05) is 0 Å². The number of phosphoric acid groups is 1. The predicted molar refractivity (Wildman–Crippen MR) is 105 cm³/mol. The van der Waals surface area contributed by atoms with Gasteiger partial charge in [0, 0.05) is 13.2 Å². The number of unbranched alkanes of at least 4 members (excludes halogenated alkanes) is 11. The van der Waals surface area contributed by atoms with Crippen LogP contribution >= 0.6 is 7.82 Å². The fraction of sp³-hybridized carbons (Fsp3) is 1.00. The van der Waals surface area contributed by atoms with Crippen molar-refractivity contribution in [3.8, 4) is 0 Å². The second-order valence-electron chi connectivity index (χ2n) is 7.73. The average molecular weight is 454 g/mol. The van der Waals surface area contributed by atoms with Crippen molar-refractivity contribution in [3.63, 3.8) is 0 Å². The number of rotatable bonds is 21. The van der Waals surface area contributed by atoms with Crippen molar-refractivity contribution in [2.45, 2.75) is 104 Å². The summed E-state index contributed by atoms with van der Waals surface area (Å²) < 4.78 is 19.5. The first kappa shape index (κ1) is 35.6. The Morgan fingerprint density at radius 1 is 0.655 bits per heavy atom. The largest absolute Gasteiger partial charge is 1.00 e. The molecule has 0 bridgehead atoms. The monoisotopic (exact) mass is 454 g/mol. The van der Waals surface area contributed by atoms with Crippen LogP contribution in [0.3, 0.4) is 0 Å². The number of ether oxygens (including phenoxy) is 1. The van der Waals surface area contributed by atoms with Gasteiger partial charge in [-0.1, -0.05) is 84.5 Å². The second kappa shape index (κ2) is 26.3. The molecule has 0 saturated carbocycles. The summed E-state index contributed by atoms with van der Waals surface area (Å²) in [6.45, 7) is 6.53. The van der Waals surface area contributed by atoms with Gasteiger partial charge in [-0.2, -0.15) is 0 Å². The van der Waals surface area contributed by atoms with E-state index in [0.29, 0.717) is 6.42 Å². The minimum Gasteiger partial charge on any atom is -0.788 e. The van der Waals surface area contributed by atoms with Crippen LogP contribution in [0.4, 0.5) is 0 Å². The van der Waals surface area contributed by atoms with Gasteiger partial charge in [0.25, 0.3) is 0 Å². The molecule has 0 rings (SSSR count). The Hall–Kier alpha value is 2.03. The molecule has 164 valence electrons. The van der Waals surface area contributed by atoms with Crippen molar-refractivity contribution in [2.75, 3.05) is 19.8 Å². The van der Waals surface area contributed by atoms with Gasteiger partial charge in [0.2, 0.25) is 0 Å². The fourth-order valence-electron chi connectivity index (χ4n) is 2.92. The molecular weight excluding hydrogens is 413 g/mol. The fourth-order valence-corrected chi connectivity index (χ4v) is 3.12. The van der Waals surface area contributed by atoms with Gasteiger partial charge in [0.15, 0.2) is 0 Å². The van der Waals surface area contributed by atoms with Crippen molar-refractivity contribution >= 4 is 7.82 Å². The first-order valence-corrected chi connectivity index (χ1v) is 12.3. The number of hydrogen-bond acceptors (Lipinski definition) is 6. The van der Waals surface area contributed by atoms with Crippen LogP contribution in [0.2, 0.25) is 0 Å². The first-order valence-electron chi connectivity index (χ1n) is 10.8. The molecule has 0 aliphatic carbocycles. The Morgan fingerprint density at radius 2 is 1.03 bits per heavy atom. The van der Waals surface area contributed by atoms with E-state index in [1.54, 1.807) is 0 Å². The quantitative estimate of drug-likeness (QED) is 0.0720. The molecule has 0 aromatic heterocycles. The summed E-state index contributed by atoms with van der Waals surface area (Å²) >= 11 is 0. The van der Waals surface area contributed by atoms with Gasteiger partial charge < -0.3 is 19.1 Å². The van der Waals surface area contributed by atoms with Gasteiger partial charge >= 0.3 is 59.1 Å². The maximum Gasteiger partial charge on any atom is 1.00 e. The van der Waals surface area contributed by atoms with Gasteiger partial charge in [-0.25, -0.2) is 9.56 Å². The molecule has 0 aromatic rings. The smallest absolute Gasteiger partial charge is 0.788 e. The molecule has 0 fully saturated rings. The molecule has 0 unspecified atom stereocenters. The second-order valence-corrected chi connectivity index (χ2v) is 8.78. The molecule has 0 aliphatic heterocycles. The molecule has 6 nitrogen and oxygen atoms in total. The molecule has 0 heterocycles. The van der Waals surface area contributed by atoms with Crippen LogP contribution < -0.4 is 68.9 Å². The van der Waals surface area contributed by atoms with E-state index >= 15 is 0 Å². The van der Waals surface area contributed by atoms with Crippen LogP contribution in [0.25, 0.3) is 0 Å². The Morgan fingerprint density at radius 3 is 1.45 bits per heavy atom. The maximum absolute atomic E-state index is 10.2. The number of hydrogen-bond donors (Lipinski definition) is 0. The van der Waals surface area contributed by atoms with Gasteiger partial charge in [-0.15, -0.1) is 0 Å². The Balaban J connectivity index is -0.00000338. The van der Waals surface area contributed by atoms with Gasteiger partial charge in [0.1, 0.15) is 7.82 Å². The molecule has 9 heteroatoms. The summed E-state index contributed by atoms with van der Waals surface area (Å²) in [5, 5.41) is 0. The van der Waals surface area contributed by atoms with E-state index in [1.165, 1.54) is 70.6 Å². The molecule has 0 aromatic carbocycles. The average Bonchev–Trinajstić information content (AvgIpc) is 2.58. The zero-order chi connectivity index (χ0) is 20.2. The van der Waals surface area contributed by atoms with Crippen molar-refractivity contribution in [3.05, 3.63) is 0 Å². The van der Waals surface area contributed by atoms with Crippen molar-refractivity contribution in [1.29, 1.82) is 0 Å². The minimum absolute atomic E-state index is 0. The van der Waals surface area contributed by atoms with Gasteiger partial charge in [-0.3, -0.25) is 0 Å². The maximum atomic E-state index is 10.2. The molecule has 0 radical (unpaired) electrons. The van der Waals surface area contributed by atoms with Gasteiger partial charge in [-0.05, 0) is 25.2 Å². The van der Waals surface area contributed by atoms with E-state index in [4.69, 9.17) is 4.74 Å². The zero-order valence-electron chi connectivity index (χ0n) is 19.5. The summed E-state index contributed by atoms with van der Waals surface area (Å²) in [7, 11) is -4.99. The zero-order valence-corrected chi connectivity index (χ0v) is 24.4. The first-order chi connectivity index (χ1) is 12.9. The Labute approximate surface area is 223 Å². The third kappa shape index (κ3) is 34.8. The van der Waals surface area contributed by atoms with Crippen LogP contribution in [-0.2, 0) is 18.9 Å². The van der Waals surface area contributed by atoms with E-state index in [0.717, 1.165) is 32.0 Å².